The molecule has 0 bridgehead atoms. The molecule has 1 aromatic heterocycles. The highest BCUT2D eigenvalue weighted by Crippen LogP contribution is 2.30. The van der Waals surface area contributed by atoms with Crippen molar-refractivity contribution < 1.29 is 9.90 Å². The van der Waals surface area contributed by atoms with Gasteiger partial charge in [-0.25, -0.2) is 4.79 Å². The summed E-state index contributed by atoms with van der Waals surface area (Å²) in [5.41, 5.74) is 0. The Labute approximate surface area is 120 Å². The van der Waals surface area contributed by atoms with Gasteiger partial charge >= 0.3 is 5.97 Å². The van der Waals surface area contributed by atoms with E-state index < -0.39 is 12.0 Å². The van der Waals surface area contributed by atoms with E-state index in [1.54, 1.807) is 0 Å². The number of nitrogens with zero attached hydrogens (tertiary/aromatic N) is 2. The second-order valence-corrected chi connectivity index (χ2v) is 5.06. The first-order valence-electron chi connectivity index (χ1n) is 5.82. The second kappa shape index (κ2) is 5.73. The SMILES string of the molecule is Cl.O=C(O)C1CNCCN1c1nsc2ccccc12. The molecular weight excluding hydrogens is 286 g/mol. The van der Waals surface area contributed by atoms with E-state index in [4.69, 9.17) is 0 Å². The first-order valence-corrected chi connectivity index (χ1v) is 6.59. The number of aromatic nitrogens is 1. The van der Waals surface area contributed by atoms with E-state index in [9.17, 15) is 9.90 Å². The summed E-state index contributed by atoms with van der Waals surface area (Å²) in [6, 6.07) is 7.39. The molecule has 1 aliphatic heterocycles. The van der Waals surface area contributed by atoms with Crippen molar-refractivity contribution in [3.05, 3.63) is 24.3 Å². The number of carboxylic acids is 1. The van der Waals surface area contributed by atoms with Crippen LogP contribution in [0.15, 0.2) is 24.3 Å². The van der Waals surface area contributed by atoms with Crippen LogP contribution in [-0.2, 0) is 4.79 Å². The Hall–Kier alpha value is -1.37. The zero-order chi connectivity index (χ0) is 12.5. The van der Waals surface area contributed by atoms with Crippen molar-refractivity contribution in [3.8, 4) is 0 Å². The van der Waals surface area contributed by atoms with Crippen LogP contribution in [0.2, 0.25) is 0 Å². The number of anilines is 1. The summed E-state index contributed by atoms with van der Waals surface area (Å²) in [7, 11) is 0. The maximum atomic E-state index is 11.3. The van der Waals surface area contributed by atoms with Crippen molar-refractivity contribution in [2.45, 2.75) is 6.04 Å². The summed E-state index contributed by atoms with van der Waals surface area (Å²) in [4.78, 5) is 13.2. The Balaban J connectivity index is 0.00000133. The Bertz CT molecular complexity index is 589. The number of rotatable bonds is 2. The number of halogens is 1. The van der Waals surface area contributed by atoms with Crippen molar-refractivity contribution >= 4 is 45.8 Å². The zero-order valence-corrected chi connectivity index (χ0v) is 11.7. The van der Waals surface area contributed by atoms with Crippen LogP contribution < -0.4 is 10.2 Å². The van der Waals surface area contributed by atoms with Gasteiger partial charge in [0.05, 0.1) is 4.70 Å². The minimum absolute atomic E-state index is 0. The molecule has 1 fully saturated rings. The molecule has 1 aliphatic rings. The van der Waals surface area contributed by atoms with Crippen molar-refractivity contribution in [3.63, 3.8) is 0 Å². The molecule has 1 aromatic carbocycles. The van der Waals surface area contributed by atoms with Crippen molar-refractivity contribution in [2.75, 3.05) is 24.5 Å². The smallest absolute Gasteiger partial charge is 0.327 e. The molecule has 2 N–H and O–H groups in total. The van der Waals surface area contributed by atoms with Crippen LogP contribution in [0.4, 0.5) is 5.82 Å². The number of benzene rings is 1. The van der Waals surface area contributed by atoms with E-state index in [0.29, 0.717) is 13.1 Å². The van der Waals surface area contributed by atoms with Gasteiger partial charge in [-0.3, -0.25) is 0 Å². The van der Waals surface area contributed by atoms with Crippen LogP contribution in [0, 0.1) is 0 Å². The van der Waals surface area contributed by atoms with Gasteiger partial charge in [-0.05, 0) is 23.7 Å². The van der Waals surface area contributed by atoms with Crippen molar-refractivity contribution in [1.82, 2.24) is 9.69 Å². The third kappa shape index (κ3) is 2.51. The highest BCUT2D eigenvalue weighted by Gasteiger charge is 2.30. The molecule has 1 unspecified atom stereocenters. The van der Waals surface area contributed by atoms with Gasteiger partial charge in [0.15, 0.2) is 5.82 Å². The second-order valence-electron chi connectivity index (χ2n) is 4.25. The summed E-state index contributed by atoms with van der Waals surface area (Å²) in [5.74, 6) is -0.0104. The molecule has 0 saturated carbocycles. The lowest BCUT2D eigenvalue weighted by Crippen LogP contribution is -2.55. The molecule has 1 saturated heterocycles. The van der Waals surface area contributed by atoms with E-state index in [0.717, 1.165) is 22.4 Å². The summed E-state index contributed by atoms with van der Waals surface area (Å²) < 4.78 is 5.52. The standard InChI is InChI=1S/C12H13N3O2S.ClH/c16-12(17)9-7-13-5-6-15(9)11-8-3-1-2-4-10(8)18-14-11;/h1-4,9,13H,5-7H2,(H,16,17);1H. The lowest BCUT2D eigenvalue weighted by Gasteiger charge is -2.33. The van der Waals surface area contributed by atoms with Crippen LogP contribution in [0.5, 0.6) is 0 Å². The van der Waals surface area contributed by atoms with Gasteiger partial charge in [-0.15, -0.1) is 12.4 Å². The van der Waals surface area contributed by atoms with Gasteiger partial charge in [-0.2, -0.15) is 4.37 Å². The predicted octanol–water partition coefficient (Wildman–Crippen LogP) is 1.58. The lowest BCUT2D eigenvalue weighted by molar-refractivity contribution is -0.138. The average molecular weight is 300 g/mol. The van der Waals surface area contributed by atoms with Crippen LogP contribution in [0.1, 0.15) is 0 Å². The molecule has 2 aromatic rings. The molecule has 2 heterocycles. The zero-order valence-electron chi connectivity index (χ0n) is 10.1. The normalized spacial score (nSPS) is 19.2. The summed E-state index contributed by atoms with van der Waals surface area (Å²) in [6.45, 7) is 1.92. The van der Waals surface area contributed by atoms with E-state index in [-0.39, 0.29) is 12.4 Å². The highest BCUT2D eigenvalue weighted by molar-refractivity contribution is 7.13. The molecule has 5 nitrogen and oxygen atoms in total. The quantitative estimate of drug-likeness (QED) is 0.881. The first kappa shape index (κ1) is 14.0. The number of hydrogen-bond acceptors (Lipinski definition) is 5. The number of nitrogens with one attached hydrogen (secondary N) is 1. The fraction of sp³-hybridized carbons (Fsp3) is 0.333. The number of fused-ring (bicyclic) bond motifs is 1. The van der Waals surface area contributed by atoms with Gasteiger partial charge in [0.1, 0.15) is 6.04 Å². The Kier molecular flexibility index (Phi) is 4.24. The maximum Gasteiger partial charge on any atom is 0.327 e. The van der Waals surface area contributed by atoms with Crippen LogP contribution >= 0.6 is 23.9 Å². The van der Waals surface area contributed by atoms with Gasteiger partial charge in [0.25, 0.3) is 0 Å². The van der Waals surface area contributed by atoms with Crippen LogP contribution in [-0.4, -0.2) is 41.1 Å². The fourth-order valence-electron chi connectivity index (χ4n) is 2.26. The van der Waals surface area contributed by atoms with Crippen LogP contribution in [0.3, 0.4) is 0 Å². The fourth-order valence-corrected chi connectivity index (χ4v) is 3.04. The van der Waals surface area contributed by atoms with Crippen LogP contribution in [0.25, 0.3) is 10.1 Å². The van der Waals surface area contributed by atoms with Gasteiger partial charge in [-0.1, -0.05) is 12.1 Å². The van der Waals surface area contributed by atoms with Gasteiger partial charge in [0, 0.05) is 25.0 Å². The third-order valence-electron chi connectivity index (χ3n) is 3.16. The van der Waals surface area contributed by atoms with Crippen molar-refractivity contribution in [2.24, 2.45) is 0 Å². The average Bonchev–Trinajstić information content (AvgIpc) is 2.82. The van der Waals surface area contributed by atoms with Crippen molar-refractivity contribution in [1.29, 1.82) is 0 Å². The maximum absolute atomic E-state index is 11.3. The number of hydrogen-bond donors (Lipinski definition) is 2. The van der Waals surface area contributed by atoms with E-state index >= 15 is 0 Å². The molecule has 0 spiro atoms. The topological polar surface area (TPSA) is 65.5 Å². The number of carboxylic acid groups (broad SMARTS) is 1. The van der Waals surface area contributed by atoms with Gasteiger partial charge in [0.2, 0.25) is 0 Å². The number of piperazine rings is 1. The Morgan fingerprint density at radius 2 is 2.26 bits per heavy atom. The third-order valence-corrected chi connectivity index (χ3v) is 3.98. The summed E-state index contributed by atoms with van der Waals surface area (Å²) in [6.07, 6.45) is 0. The molecule has 1 atom stereocenters. The largest absolute Gasteiger partial charge is 0.480 e. The minimum atomic E-state index is -0.806. The summed E-state index contributed by atoms with van der Waals surface area (Å²) >= 11 is 1.42. The molecule has 0 radical (unpaired) electrons. The first-order chi connectivity index (χ1) is 8.77. The number of aliphatic carboxylic acids is 1. The highest BCUT2D eigenvalue weighted by atomic mass is 35.5. The predicted molar refractivity (Wildman–Crippen MR) is 78.5 cm³/mol. The van der Waals surface area contributed by atoms with E-state index in [1.807, 2.05) is 29.2 Å². The molecule has 19 heavy (non-hydrogen) atoms. The molecule has 0 amide bonds. The van der Waals surface area contributed by atoms with E-state index in [2.05, 4.69) is 9.69 Å². The molecule has 3 rings (SSSR count). The Morgan fingerprint density at radius 1 is 1.47 bits per heavy atom. The molecule has 7 heteroatoms. The monoisotopic (exact) mass is 299 g/mol. The van der Waals surface area contributed by atoms with Gasteiger partial charge < -0.3 is 15.3 Å². The Morgan fingerprint density at radius 3 is 3.05 bits per heavy atom. The van der Waals surface area contributed by atoms with E-state index in [1.165, 1.54) is 11.5 Å². The molecule has 0 aliphatic carbocycles. The molecule has 102 valence electrons. The number of carbonyl (C=O) groups is 1. The molecular formula is C12H14ClN3O2S. The summed E-state index contributed by atoms with van der Waals surface area (Å²) in [5, 5.41) is 13.4. The minimum Gasteiger partial charge on any atom is -0.480 e. The lowest BCUT2D eigenvalue weighted by atomic mass is 10.1.